The second kappa shape index (κ2) is 8.23. The van der Waals surface area contributed by atoms with E-state index in [1.165, 1.54) is 0 Å². The Morgan fingerprint density at radius 1 is 1.11 bits per heavy atom. The van der Waals surface area contributed by atoms with Crippen LogP contribution in [0.3, 0.4) is 0 Å². The lowest BCUT2D eigenvalue weighted by molar-refractivity contribution is -0.112. The lowest BCUT2D eigenvalue weighted by Crippen LogP contribution is -2.13. The molecule has 27 heavy (non-hydrogen) atoms. The SMILES string of the molecule is Cc1cc(/C=C(/C#N)C(=O)Nc2ccccc2)c(C)n1-c1cccc(I)c1. The number of amides is 1. The average molecular weight is 467 g/mol. The van der Waals surface area contributed by atoms with Crippen molar-refractivity contribution in [3.8, 4) is 11.8 Å². The maximum absolute atomic E-state index is 12.5. The largest absolute Gasteiger partial charge is 0.321 e. The van der Waals surface area contributed by atoms with Crippen molar-refractivity contribution in [2.75, 3.05) is 5.32 Å². The third-order valence-electron chi connectivity index (χ3n) is 4.23. The molecule has 1 heterocycles. The first-order chi connectivity index (χ1) is 13.0. The molecule has 0 aliphatic rings. The third-order valence-corrected chi connectivity index (χ3v) is 4.90. The zero-order valence-electron chi connectivity index (χ0n) is 15.0. The standard InChI is InChI=1S/C22H18IN3O/c1-15-11-17(16(2)26(15)21-10-6-7-19(23)13-21)12-18(14-24)22(27)25-20-8-4-3-5-9-20/h3-13H,1-2H3,(H,25,27)/b18-12-. The van der Waals surface area contributed by atoms with Gasteiger partial charge in [-0.3, -0.25) is 4.79 Å². The maximum atomic E-state index is 12.5. The molecular weight excluding hydrogens is 449 g/mol. The Hall–Kier alpha value is -2.85. The molecule has 1 aromatic heterocycles. The van der Waals surface area contributed by atoms with Gasteiger partial charge in [0.05, 0.1) is 0 Å². The Morgan fingerprint density at radius 3 is 2.52 bits per heavy atom. The number of nitriles is 1. The molecule has 2 aromatic carbocycles. The number of nitrogens with one attached hydrogen (secondary N) is 1. The minimum Gasteiger partial charge on any atom is -0.321 e. The summed E-state index contributed by atoms with van der Waals surface area (Å²) in [5.41, 5.74) is 4.67. The van der Waals surface area contributed by atoms with Gasteiger partial charge in [0.25, 0.3) is 5.91 Å². The number of nitrogens with zero attached hydrogens (tertiary/aromatic N) is 2. The summed E-state index contributed by atoms with van der Waals surface area (Å²) in [6, 6.07) is 21.3. The molecule has 1 amide bonds. The lowest BCUT2D eigenvalue weighted by atomic mass is 10.1. The van der Waals surface area contributed by atoms with Gasteiger partial charge < -0.3 is 9.88 Å². The number of hydrogen-bond acceptors (Lipinski definition) is 2. The van der Waals surface area contributed by atoms with Gasteiger partial charge in [0.15, 0.2) is 0 Å². The van der Waals surface area contributed by atoms with Gasteiger partial charge in [-0.25, -0.2) is 0 Å². The van der Waals surface area contributed by atoms with Crippen molar-refractivity contribution in [3.63, 3.8) is 0 Å². The van der Waals surface area contributed by atoms with Crippen LogP contribution in [0.1, 0.15) is 17.0 Å². The fourth-order valence-electron chi connectivity index (χ4n) is 2.97. The zero-order valence-corrected chi connectivity index (χ0v) is 17.2. The van der Waals surface area contributed by atoms with Crippen molar-refractivity contribution < 1.29 is 4.79 Å². The molecule has 134 valence electrons. The van der Waals surface area contributed by atoms with Crippen molar-refractivity contribution in [1.29, 1.82) is 5.26 Å². The van der Waals surface area contributed by atoms with E-state index in [2.05, 4.69) is 38.5 Å². The first-order valence-corrected chi connectivity index (χ1v) is 9.50. The van der Waals surface area contributed by atoms with Gasteiger partial charge in [0, 0.05) is 26.3 Å². The fourth-order valence-corrected chi connectivity index (χ4v) is 3.50. The Bertz CT molecular complexity index is 1060. The van der Waals surface area contributed by atoms with E-state index in [0.29, 0.717) is 5.69 Å². The van der Waals surface area contributed by atoms with E-state index in [0.717, 1.165) is 26.2 Å². The molecule has 3 aromatic rings. The quantitative estimate of drug-likeness (QED) is 0.324. The van der Waals surface area contributed by atoms with Crippen LogP contribution in [0.15, 0.2) is 66.2 Å². The summed E-state index contributed by atoms with van der Waals surface area (Å²) in [5.74, 6) is -0.414. The molecule has 0 spiro atoms. The molecule has 0 saturated heterocycles. The monoisotopic (exact) mass is 467 g/mol. The Balaban J connectivity index is 1.95. The molecular formula is C22H18IN3O. The Labute approximate surface area is 172 Å². The molecule has 1 N–H and O–H groups in total. The number of carbonyl (C=O) groups excluding carboxylic acids is 1. The van der Waals surface area contributed by atoms with Crippen LogP contribution in [0.5, 0.6) is 0 Å². The number of aromatic nitrogens is 1. The fraction of sp³-hybridized carbons (Fsp3) is 0.0909. The number of para-hydroxylation sites is 1. The van der Waals surface area contributed by atoms with Crippen LogP contribution in [0.25, 0.3) is 11.8 Å². The summed E-state index contributed by atoms with van der Waals surface area (Å²) in [4.78, 5) is 12.5. The summed E-state index contributed by atoms with van der Waals surface area (Å²) in [5, 5.41) is 12.2. The van der Waals surface area contributed by atoms with Crippen LogP contribution < -0.4 is 5.32 Å². The van der Waals surface area contributed by atoms with Crippen LogP contribution in [0, 0.1) is 28.7 Å². The van der Waals surface area contributed by atoms with E-state index in [4.69, 9.17) is 0 Å². The van der Waals surface area contributed by atoms with Crippen LogP contribution in [0.4, 0.5) is 5.69 Å². The molecule has 5 heteroatoms. The number of anilines is 1. The van der Waals surface area contributed by atoms with Gasteiger partial charge in [0.2, 0.25) is 0 Å². The number of rotatable bonds is 4. The van der Waals surface area contributed by atoms with E-state index in [1.807, 2.05) is 62.4 Å². The van der Waals surface area contributed by atoms with Crippen LogP contribution >= 0.6 is 22.6 Å². The van der Waals surface area contributed by atoms with Crippen molar-refractivity contribution in [2.45, 2.75) is 13.8 Å². The molecule has 0 saturated carbocycles. The molecule has 4 nitrogen and oxygen atoms in total. The van der Waals surface area contributed by atoms with E-state index < -0.39 is 5.91 Å². The summed E-state index contributed by atoms with van der Waals surface area (Å²) in [6.07, 6.45) is 1.64. The van der Waals surface area contributed by atoms with Gasteiger partial charge in [-0.15, -0.1) is 0 Å². The molecule has 0 bridgehead atoms. The smallest absolute Gasteiger partial charge is 0.266 e. The first-order valence-electron chi connectivity index (χ1n) is 8.42. The van der Waals surface area contributed by atoms with E-state index in [9.17, 15) is 10.1 Å². The highest BCUT2D eigenvalue weighted by Crippen LogP contribution is 2.24. The van der Waals surface area contributed by atoms with Gasteiger partial charge in [0.1, 0.15) is 11.6 Å². The average Bonchev–Trinajstić information content (AvgIpc) is 2.93. The predicted molar refractivity (Wildman–Crippen MR) is 117 cm³/mol. The Morgan fingerprint density at radius 2 is 1.85 bits per heavy atom. The second-order valence-electron chi connectivity index (χ2n) is 6.13. The molecule has 0 fully saturated rings. The molecule has 0 unspecified atom stereocenters. The van der Waals surface area contributed by atoms with Crippen molar-refractivity contribution in [1.82, 2.24) is 4.57 Å². The normalized spacial score (nSPS) is 11.1. The van der Waals surface area contributed by atoms with Gasteiger partial charge in [-0.05, 0) is 84.5 Å². The minimum atomic E-state index is -0.414. The van der Waals surface area contributed by atoms with E-state index in [1.54, 1.807) is 18.2 Å². The van der Waals surface area contributed by atoms with E-state index >= 15 is 0 Å². The number of benzene rings is 2. The molecule has 0 radical (unpaired) electrons. The highest BCUT2D eigenvalue weighted by Gasteiger charge is 2.14. The minimum absolute atomic E-state index is 0.0711. The summed E-state index contributed by atoms with van der Waals surface area (Å²) in [6.45, 7) is 4.00. The maximum Gasteiger partial charge on any atom is 0.266 e. The van der Waals surface area contributed by atoms with Gasteiger partial charge in [-0.2, -0.15) is 5.26 Å². The zero-order chi connectivity index (χ0) is 19.4. The van der Waals surface area contributed by atoms with E-state index in [-0.39, 0.29) is 5.57 Å². The molecule has 0 atom stereocenters. The van der Waals surface area contributed by atoms with Gasteiger partial charge in [-0.1, -0.05) is 24.3 Å². The van der Waals surface area contributed by atoms with Gasteiger partial charge >= 0.3 is 0 Å². The lowest BCUT2D eigenvalue weighted by Gasteiger charge is -2.10. The highest BCUT2D eigenvalue weighted by molar-refractivity contribution is 14.1. The number of carbonyl (C=O) groups is 1. The molecule has 0 aliphatic heterocycles. The van der Waals surface area contributed by atoms with Crippen molar-refractivity contribution in [2.24, 2.45) is 0 Å². The second-order valence-corrected chi connectivity index (χ2v) is 7.38. The summed E-state index contributed by atoms with van der Waals surface area (Å²) < 4.78 is 3.27. The van der Waals surface area contributed by atoms with Crippen molar-refractivity contribution in [3.05, 3.63) is 86.8 Å². The topological polar surface area (TPSA) is 57.8 Å². The molecule has 3 rings (SSSR count). The predicted octanol–water partition coefficient (Wildman–Crippen LogP) is 5.24. The number of halogens is 1. The highest BCUT2D eigenvalue weighted by atomic mass is 127. The summed E-state index contributed by atoms with van der Waals surface area (Å²) >= 11 is 2.29. The van der Waals surface area contributed by atoms with Crippen LogP contribution in [-0.4, -0.2) is 10.5 Å². The molecule has 0 aliphatic carbocycles. The number of aryl methyl sites for hydroxylation is 1. The van der Waals surface area contributed by atoms with Crippen LogP contribution in [-0.2, 0) is 4.79 Å². The Kier molecular flexibility index (Phi) is 5.77. The number of hydrogen-bond donors (Lipinski definition) is 1. The van der Waals surface area contributed by atoms with Crippen LogP contribution in [0.2, 0.25) is 0 Å². The first kappa shape index (κ1) is 18.9. The van der Waals surface area contributed by atoms with Crippen molar-refractivity contribution >= 4 is 40.3 Å². The summed E-state index contributed by atoms with van der Waals surface area (Å²) in [7, 11) is 0. The third kappa shape index (κ3) is 4.29.